The molecule has 21 heavy (non-hydrogen) atoms. The number of nitrogens with two attached hydrogens (primary N) is 1. The van der Waals surface area contributed by atoms with E-state index in [-0.39, 0.29) is 6.09 Å². The van der Waals surface area contributed by atoms with Crippen molar-refractivity contribution in [1.29, 1.82) is 0 Å². The van der Waals surface area contributed by atoms with Crippen LogP contribution in [0.2, 0.25) is 0 Å². The molecule has 1 aliphatic heterocycles. The molecular formula is C15H23N3O3. The van der Waals surface area contributed by atoms with E-state index < -0.39 is 6.10 Å². The fraction of sp³-hybridized carbons (Fsp3) is 0.533. The minimum atomic E-state index is -0.567. The molecule has 0 aromatic heterocycles. The molecule has 0 saturated carbocycles. The number of carbonyl (C=O) groups is 1. The van der Waals surface area contributed by atoms with Crippen molar-refractivity contribution >= 4 is 11.8 Å². The van der Waals surface area contributed by atoms with E-state index in [9.17, 15) is 9.90 Å². The molecule has 2 rings (SSSR count). The van der Waals surface area contributed by atoms with Crippen LogP contribution in [0.1, 0.15) is 18.6 Å². The van der Waals surface area contributed by atoms with Gasteiger partial charge in [0.15, 0.2) is 0 Å². The molecule has 3 N–H and O–H groups in total. The van der Waals surface area contributed by atoms with Gasteiger partial charge in [0.05, 0.1) is 12.7 Å². The largest absolute Gasteiger partial charge is 0.450 e. The third-order valence-corrected chi connectivity index (χ3v) is 3.62. The Bertz CT molecular complexity index is 473. The number of anilines is 1. The van der Waals surface area contributed by atoms with Gasteiger partial charge in [0, 0.05) is 38.4 Å². The summed E-state index contributed by atoms with van der Waals surface area (Å²) in [5.74, 6) is 0. The average Bonchev–Trinajstić information content (AvgIpc) is 2.48. The van der Waals surface area contributed by atoms with Crippen LogP contribution < -0.4 is 5.73 Å². The van der Waals surface area contributed by atoms with Crippen molar-refractivity contribution < 1.29 is 14.6 Å². The van der Waals surface area contributed by atoms with Crippen LogP contribution in [0.15, 0.2) is 24.3 Å². The first-order chi connectivity index (χ1) is 10.1. The highest BCUT2D eigenvalue weighted by atomic mass is 16.6. The predicted octanol–water partition coefficient (Wildman–Crippen LogP) is 1.08. The minimum absolute atomic E-state index is 0.256. The zero-order valence-corrected chi connectivity index (χ0v) is 12.4. The van der Waals surface area contributed by atoms with E-state index in [0.29, 0.717) is 31.9 Å². The maximum absolute atomic E-state index is 11.6. The molecule has 1 aromatic rings. The third kappa shape index (κ3) is 4.34. The second kappa shape index (κ2) is 7.28. The van der Waals surface area contributed by atoms with Crippen LogP contribution in [-0.4, -0.2) is 60.3 Å². The first kappa shape index (κ1) is 15.6. The number of ether oxygens (including phenoxy) is 1. The van der Waals surface area contributed by atoms with E-state index in [1.165, 1.54) is 0 Å². The smallest absolute Gasteiger partial charge is 0.409 e. The maximum atomic E-state index is 11.6. The van der Waals surface area contributed by atoms with Crippen LogP contribution in [0.5, 0.6) is 0 Å². The SMILES string of the molecule is CCOC(=O)N1CCN(CC(O)c2cccc(N)c2)CC1. The number of rotatable bonds is 4. The lowest BCUT2D eigenvalue weighted by molar-refractivity contribution is 0.0578. The highest BCUT2D eigenvalue weighted by Gasteiger charge is 2.23. The summed E-state index contributed by atoms with van der Waals surface area (Å²) in [6, 6.07) is 7.30. The van der Waals surface area contributed by atoms with Crippen LogP contribution in [0, 0.1) is 0 Å². The Kier molecular flexibility index (Phi) is 5.41. The van der Waals surface area contributed by atoms with Crippen LogP contribution in [-0.2, 0) is 4.74 Å². The number of piperazine rings is 1. The van der Waals surface area contributed by atoms with Crippen LogP contribution in [0.3, 0.4) is 0 Å². The summed E-state index contributed by atoms with van der Waals surface area (Å²) in [5, 5.41) is 10.3. The second-order valence-corrected chi connectivity index (χ2v) is 5.17. The van der Waals surface area contributed by atoms with Crippen LogP contribution >= 0.6 is 0 Å². The molecule has 6 nitrogen and oxygen atoms in total. The van der Waals surface area contributed by atoms with Gasteiger partial charge in [-0.2, -0.15) is 0 Å². The molecule has 1 saturated heterocycles. The lowest BCUT2D eigenvalue weighted by Gasteiger charge is -2.35. The molecule has 1 fully saturated rings. The minimum Gasteiger partial charge on any atom is -0.450 e. The molecule has 116 valence electrons. The van der Waals surface area contributed by atoms with Gasteiger partial charge < -0.3 is 20.5 Å². The Labute approximate surface area is 125 Å². The lowest BCUT2D eigenvalue weighted by atomic mass is 10.1. The molecule has 6 heteroatoms. The summed E-state index contributed by atoms with van der Waals surface area (Å²) in [5.41, 5.74) is 7.20. The number of amides is 1. The highest BCUT2D eigenvalue weighted by Crippen LogP contribution is 2.17. The molecule has 0 aliphatic carbocycles. The summed E-state index contributed by atoms with van der Waals surface area (Å²) in [7, 11) is 0. The number of hydrogen-bond donors (Lipinski definition) is 2. The summed E-state index contributed by atoms with van der Waals surface area (Å²) >= 11 is 0. The Morgan fingerprint density at radius 3 is 2.71 bits per heavy atom. The molecule has 0 radical (unpaired) electrons. The summed E-state index contributed by atoms with van der Waals surface area (Å²) in [4.78, 5) is 15.5. The molecule has 1 aliphatic rings. The van der Waals surface area contributed by atoms with Crippen molar-refractivity contribution in [1.82, 2.24) is 9.80 Å². The summed E-state index contributed by atoms with van der Waals surface area (Å²) in [6.45, 7) is 5.46. The zero-order valence-electron chi connectivity index (χ0n) is 12.4. The molecule has 1 aromatic carbocycles. The fourth-order valence-electron chi connectivity index (χ4n) is 2.44. The molecule has 1 unspecified atom stereocenters. The van der Waals surface area contributed by atoms with Crippen molar-refractivity contribution in [3.63, 3.8) is 0 Å². The number of hydrogen-bond acceptors (Lipinski definition) is 5. The molecule has 0 spiro atoms. The number of benzene rings is 1. The zero-order chi connectivity index (χ0) is 15.2. The quantitative estimate of drug-likeness (QED) is 0.812. The number of aliphatic hydroxyl groups is 1. The van der Waals surface area contributed by atoms with Gasteiger partial charge in [0.25, 0.3) is 0 Å². The Hall–Kier alpha value is -1.79. The van der Waals surface area contributed by atoms with E-state index in [0.717, 1.165) is 18.7 Å². The van der Waals surface area contributed by atoms with Crippen molar-refractivity contribution in [2.75, 3.05) is 45.1 Å². The maximum Gasteiger partial charge on any atom is 0.409 e. The van der Waals surface area contributed by atoms with Gasteiger partial charge in [-0.1, -0.05) is 12.1 Å². The average molecular weight is 293 g/mol. The van der Waals surface area contributed by atoms with Gasteiger partial charge in [-0.05, 0) is 24.6 Å². The van der Waals surface area contributed by atoms with E-state index in [1.807, 2.05) is 12.1 Å². The van der Waals surface area contributed by atoms with Gasteiger partial charge in [0.2, 0.25) is 0 Å². The predicted molar refractivity (Wildman–Crippen MR) is 80.8 cm³/mol. The van der Waals surface area contributed by atoms with E-state index in [2.05, 4.69) is 4.90 Å². The summed E-state index contributed by atoms with van der Waals surface area (Å²) in [6.07, 6.45) is -0.823. The molecule has 1 amide bonds. The van der Waals surface area contributed by atoms with Gasteiger partial charge in [0.1, 0.15) is 0 Å². The second-order valence-electron chi connectivity index (χ2n) is 5.17. The van der Waals surface area contributed by atoms with Crippen molar-refractivity contribution in [2.45, 2.75) is 13.0 Å². The van der Waals surface area contributed by atoms with Crippen molar-refractivity contribution in [3.8, 4) is 0 Å². The summed E-state index contributed by atoms with van der Waals surface area (Å²) < 4.78 is 4.99. The third-order valence-electron chi connectivity index (χ3n) is 3.62. The Balaban J connectivity index is 1.82. The Morgan fingerprint density at radius 1 is 1.38 bits per heavy atom. The van der Waals surface area contributed by atoms with Gasteiger partial charge >= 0.3 is 6.09 Å². The fourth-order valence-corrected chi connectivity index (χ4v) is 2.44. The standard InChI is InChI=1S/C15H23N3O3/c1-2-21-15(20)18-8-6-17(7-9-18)11-14(19)12-4-3-5-13(16)10-12/h3-5,10,14,19H,2,6-9,11,16H2,1H3. The first-order valence-electron chi connectivity index (χ1n) is 7.27. The number of aliphatic hydroxyl groups excluding tert-OH is 1. The normalized spacial score (nSPS) is 17.5. The Morgan fingerprint density at radius 2 is 2.10 bits per heavy atom. The van der Waals surface area contributed by atoms with Crippen LogP contribution in [0.25, 0.3) is 0 Å². The molecule has 1 heterocycles. The number of β-amino-alcohol motifs (C(OH)–C–C–N with tert-alkyl or cyclic N) is 1. The van der Waals surface area contributed by atoms with Gasteiger partial charge in [-0.15, -0.1) is 0 Å². The first-order valence-corrected chi connectivity index (χ1v) is 7.27. The number of nitrogens with zero attached hydrogens (tertiary/aromatic N) is 2. The van der Waals surface area contributed by atoms with Gasteiger partial charge in [-0.3, -0.25) is 4.90 Å². The van der Waals surface area contributed by atoms with E-state index in [1.54, 1.807) is 24.0 Å². The van der Waals surface area contributed by atoms with Crippen LogP contribution in [0.4, 0.5) is 10.5 Å². The van der Waals surface area contributed by atoms with E-state index >= 15 is 0 Å². The van der Waals surface area contributed by atoms with E-state index in [4.69, 9.17) is 10.5 Å². The molecule has 1 atom stereocenters. The van der Waals surface area contributed by atoms with Gasteiger partial charge in [-0.25, -0.2) is 4.79 Å². The number of nitrogen functional groups attached to an aromatic ring is 1. The highest BCUT2D eigenvalue weighted by molar-refractivity contribution is 5.67. The van der Waals surface area contributed by atoms with Crippen molar-refractivity contribution in [2.24, 2.45) is 0 Å². The number of carbonyl (C=O) groups excluding carboxylic acids is 1. The lowest BCUT2D eigenvalue weighted by Crippen LogP contribution is -2.49. The topological polar surface area (TPSA) is 79.0 Å². The molecular weight excluding hydrogens is 270 g/mol. The van der Waals surface area contributed by atoms with Crippen molar-refractivity contribution in [3.05, 3.63) is 29.8 Å². The monoisotopic (exact) mass is 293 g/mol. The molecule has 0 bridgehead atoms.